The van der Waals surface area contributed by atoms with Gasteiger partial charge in [0, 0.05) is 17.2 Å². The van der Waals surface area contributed by atoms with Crippen LogP contribution in [0.1, 0.15) is 11.3 Å². The SMILES string of the molecule is Cc1noc(NS(=O)(=O)c2ccc(NC(=O)C3=C[C@H]4C=CC=C[C@@H]4OC3=O)cc2)c1C. The largest absolute Gasteiger partial charge is 0.453 e. The zero-order valence-corrected chi connectivity index (χ0v) is 17.5. The van der Waals surface area contributed by atoms with E-state index >= 15 is 0 Å². The normalized spacial score (nSPS) is 19.9. The van der Waals surface area contributed by atoms with Crippen molar-refractivity contribution in [1.82, 2.24) is 5.16 Å². The summed E-state index contributed by atoms with van der Waals surface area (Å²) in [7, 11) is -3.91. The molecule has 2 aliphatic rings. The molecule has 2 N–H and O–H groups in total. The Labute approximate surface area is 178 Å². The molecule has 9 nitrogen and oxygen atoms in total. The number of hydrogen-bond acceptors (Lipinski definition) is 7. The molecule has 160 valence electrons. The van der Waals surface area contributed by atoms with Crippen molar-refractivity contribution in [1.29, 1.82) is 0 Å². The highest BCUT2D eigenvalue weighted by Crippen LogP contribution is 2.26. The van der Waals surface area contributed by atoms with Crippen LogP contribution in [-0.2, 0) is 24.3 Å². The van der Waals surface area contributed by atoms with Gasteiger partial charge in [0.1, 0.15) is 11.7 Å². The second-order valence-corrected chi connectivity index (χ2v) is 8.79. The molecular weight excluding hydrogens is 422 g/mol. The average Bonchev–Trinajstić information content (AvgIpc) is 3.05. The number of carbonyl (C=O) groups is 2. The summed E-state index contributed by atoms with van der Waals surface area (Å²) in [5, 5.41) is 6.30. The molecule has 0 radical (unpaired) electrons. The Morgan fingerprint density at radius 3 is 2.48 bits per heavy atom. The van der Waals surface area contributed by atoms with E-state index < -0.39 is 28.0 Å². The van der Waals surface area contributed by atoms with Gasteiger partial charge in [-0.3, -0.25) is 4.79 Å². The van der Waals surface area contributed by atoms with E-state index in [4.69, 9.17) is 9.26 Å². The second-order valence-electron chi connectivity index (χ2n) is 7.10. The van der Waals surface area contributed by atoms with Gasteiger partial charge in [0.05, 0.1) is 10.6 Å². The molecule has 0 saturated carbocycles. The van der Waals surface area contributed by atoms with Crippen molar-refractivity contribution in [3.63, 3.8) is 0 Å². The molecule has 1 aromatic heterocycles. The van der Waals surface area contributed by atoms with Gasteiger partial charge in [0.15, 0.2) is 0 Å². The molecule has 0 saturated heterocycles. The lowest BCUT2D eigenvalue weighted by Gasteiger charge is -2.27. The second kappa shape index (κ2) is 7.88. The van der Waals surface area contributed by atoms with Gasteiger partial charge in [0.2, 0.25) is 5.88 Å². The van der Waals surface area contributed by atoms with E-state index in [-0.39, 0.29) is 22.3 Å². The van der Waals surface area contributed by atoms with Crippen molar-refractivity contribution in [2.24, 2.45) is 5.92 Å². The number of nitrogens with zero attached hydrogens (tertiary/aromatic N) is 1. The first-order valence-electron chi connectivity index (χ1n) is 9.39. The first-order valence-corrected chi connectivity index (χ1v) is 10.9. The van der Waals surface area contributed by atoms with Crippen molar-refractivity contribution in [2.45, 2.75) is 24.8 Å². The van der Waals surface area contributed by atoms with Crippen LogP contribution in [0.4, 0.5) is 11.6 Å². The van der Waals surface area contributed by atoms with Crippen LogP contribution >= 0.6 is 0 Å². The number of amides is 1. The number of hydrogen-bond donors (Lipinski definition) is 2. The minimum atomic E-state index is -3.91. The summed E-state index contributed by atoms with van der Waals surface area (Å²) in [5.41, 5.74) is 1.39. The summed E-state index contributed by atoms with van der Waals surface area (Å²) < 4.78 is 37.7. The number of rotatable bonds is 5. The summed E-state index contributed by atoms with van der Waals surface area (Å²) in [6, 6.07) is 5.50. The number of aromatic nitrogens is 1. The van der Waals surface area contributed by atoms with Crippen LogP contribution in [0.5, 0.6) is 0 Å². The Kier molecular flexibility index (Phi) is 5.24. The van der Waals surface area contributed by atoms with Gasteiger partial charge in [-0.2, -0.15) is 0 Å². The maximum atomic E-state index is 12.6. The smallest absolute Gasteiger partial charge is 0.344 e. The average molecular weight is 441 g/mol. The third-order valence-corrected chi connectivity index (χ3v) is 6.34. The molecule has 31 heavy (non-hydrogen) atoms. The maximum absolute atomic E-state index is 12.6. The highest BCUT2D eigenvalue weighted by atomic mass is 32.2. The minimum Gasteiger partial charge on any atom is -0.453 e. The highest BCUT2D eigenvalue weighted by molar-refractivity contribution is 7.92. The van der Waals surface area contributed by atoms with Crippen molar-refractivity contribution in [2.75, 3.05) is 10.0 Å². The number of esters is 1. The summed E-state index contributed by atoms with van der Waals surface area (Å²) in [5.74, 6) is -1.50. The quantitative estimate of drug-likeness (QED) is 0.539. The Balaban J connectivity index is 1.47. The topological polar surface area (TPSA) is 128 Å². The summed E-state index contributed by atoms with van der Waals surface area (Å²) in [4.78, 5) is 24.7. The lowest BCUT2D eigenvalue weighted by Crippen LogP contribution is -2.34. The van der Waals surface area contributed by atoms with Gasteiger partial charge in [-0.1, -0.05) is 29.5 Å². The predicted molar refractivity (Wildman–Crippen MR) is 112 cm³/mol. The Morgan fingerprint density at radius 2 is 1.81 bits per heavy atom. The number of sulfonamides is 1. The number of benzene rings is 1. The molecule has 1 amide bonds. The standard InChI is InChI=1S/C21H19N3O6S/c1-12-13(2)23-30-20(12)24-31(27,28)16-9-7-15(8-10-16)22-19(25)17-11-14-5-3-4-6-18(14)29-21(17)26/h3-11,14,18,24H,1-2H3,(H,22,25)/t14-,18+/m1/s1. The van der Waals surface area contributed by atoms with E-state index in [1.807, 2.05) is 12.2 Å². The number of aryl methyl sites for hydroxylation is 1. The molecule has 0 fully saturated rings. The third-order valence-electron chi connectivity index (χ3n) is 5.00. The molecule has 0 unspecified atom stereocenters. The molecule has 1 aromatic carbocycles. The van der Waals surface area contributed by atoms with E-state index in [9.17, 15) is 18.0 Å². The zero-order valence-electron chi connectivity index (χ0n) is 16.7. The summed E-state index contributed by atoms with van der Waals surface area (Å²) in [6.45, 7) is 3.39. The van der Waals surface area contributed by atoms with Gasteiger partial charge in [-0.05, 0) is 44.2 Å². The number of nitrogens with one attached hydrogen (secondary N) is 2. The number of allylic oxidation sites excluding steroid dienone is 2. The fourth-order valence-electron chi connectivity index (χ4n) is 3.10. The van der Waals surface area contributed by atoms with Crippen molar-refractivity contribution < 1.29 is 27.3 Å². The highest BCUT2D eigenvalue weighted by Gasteiger charge is 2.32. The lowest BCUT2D eigenvalue weighted by atomic mass is 9.92. The third kappa shape index (κ3) is 4.15. The van der Waals surface area contributed by atoms with Gasteiger partial charge in [-0.15, -0.1) is 0 Å². The van der Waals surface area contributed by atoms with Gasteiger partial charge in [-0.25, -0.2) is 17.9 Å². The van der Waals surface area contributed by atoms with E-state index in [1.54, 1.807) is 32.1 Å². The van der Waals surface area contributed by atoms with Crippen molar-refractivity contribution in [3.05, 3.63) is 71.5 Å². The van der Waals surface area contributed by atoms with E-state index in [1.165, 1.54) is 24.3 Å². The van der Waals surface area contributed by atoms with Gasteiger partial charge < -0.3 is 14.6 Å². The molecule has 2 heterocycles. The first kappa shape index (κ1) is 20.6. The molecule has 2 atom stereocenters. The van der Waals surface area contributed by atoms with Crippen LogP contribution in [-0.4, -0.2) is 31.6 Å². The zero-order chi connectivity index (χ0) is 22.2. The molecule has 0 bridgehead atoms. The molecule has 1 aliphatic heterocycles. The number of anilines is 2. The number of ether oxygens (including phenoxy) is 1. The Morgan fingerprint density at radius 1 is 1.10 bits per heavy atom. The lowest BCUT2D eigenvalue weighted by molar-refractivity contribution is -0.145. The Bertz CT molecular complexity index is 1240. The van der Waals surface area contributed by atoms with Crippen LogP contribution in [0, 0.1) is 19.8 Å². The summed E-state index contributed by atoms with van der Waals surface area (Å²) >= 11 is 0. The monoisotopic (exact) mass is 441 g/mol. The first-order chi connectivity index (χ1) is 14.7. The van der Waals surface area contributed by atoms with Crippen LogP contribution in [0.3, 0.4) is 0 Å². The van der Waals surface area contributed by atoms with Crippen LogP contribution in [0.2, 0.25) is 0 Å². The van der Waals surface area contributed by atoms with E-state index in [0.717, 1.165) is 0 Å². The van der Waals surface area contributed by atoms with Gasteiger partial charge in [0.25, 0.3) is 15.9 Å². The molecule has 4 rings (SSSR count). The predicted octanol–water partition coefficient (Wildman–Crippen LogP) is 2.62. The van der Waals surface area contributed by atoms with Crippen molar-refractivity contribution >= 4 is 33.5 Å². The van der Waals surface area contributed by atoms with Crippen LogP contribution < -0.4 is 10.0 Å². The Hall–Kier alpha value is -3.66. The van der Waals surface area contributed by atoms with Crippen LogP contribution in [0.15, 0.2) is 69.6 Å². The molecule has 1 aliphatic carbocycles. The molecule has 0 spiro atoms. The molecule has 2 aromatic rings. The van der Waals surface area contributed by atoms with Crippen LogP contribution in [0.25, 0.3) is 0 Å². The number of carbonyl (C=O) groups excluding carboxylic acids is 2. The maximum Gasteiger partial charge on any atom is 0.344 e. The van der Waals surface area contributed by atoms with Crippen molar-refractivity contribution in [3.8, 4) is 0 Å². The van der Waals surface area contributed by atoms with E-state index in [2.05, 4.69) is 15.2 Å². The van der Waals surface area contributed by atoms with E-state index in [0.29, 0.717) is 16.9 Å². The van der Waals surface area contributed by atoms with Gasteiger partial charge >= 0.3 is 5.97 Å². The fourth-order valence-corrected chi connectivity index (χ4v) is 4.14. The minimum absolute atomic E-state index is 0.0304. The summed E-state index contributed by atoms with van der Waals surface area (Å²) in [6.07, 6.45) is 8.35. The fraction of sp³-hybridized carbons (Fsp3) is 0.190. The number of fused-ring (bicyclic) bond motifs is 1. The molecule has 10 heteroatoms. The molecular formula is C21H19N3O6S.